The van der Waals surface area contributed by atoms with Crippen molar-refractivity contribution in [1.82, 2.24) is 0 Å². The fourth-order valence-corrected chi connectivity index (χ4v) is 1.32. The van der Waals surface area contributed by atoms with Gasteiger partial charge in [-0.15, -0.1) is 0 Å². The molecule has 0 aliphatic heterocycles. The van der Waals surface area contributed by atoms with Crippen molar-refractivity contribution in [3.63, 3.8) is 0 Å². The average molecular weight is 165 g/mol. The van der Waals surface area contributed by atoms with Crippen LogP contribution in [0.25, 0.3) is 0 Å². The maximum absolute atomic E-state index is 3.44. The third-order valence-electron chi connectivity index (χ3n) is 1.91. The molecule has 1 unspecified atom stereocenters. The zero-order chi connectivity index (χ0) is 8.81. The van der Waals surface area contributed by atoms with Crippen LogP contribution in [-0.2, 0) is 0 Å². The molecular weight excluding hydrogens is 146 g/mol. The maximum atomic E-state index is 3.44. The summed E-state index contributed by atoms with van der Waals surface area (Å²) in [4.78, 5) is 0. The van der Waals surface area contributed by atoms with Crippen LogP contribution in [0.1, 0.15) is 28.1 Å². The number of anilines is 1. The van der Waals surface area contributed by atoms with Crippen LogP contribution in [0.2, 0.25) is 0 Å². The van der Waals surface area contributed by atoms with Gasteiger partial charge in [0.05, 0.1) is 0 Å². The second-order valence-corrected chi connectivity index (χ2v) is 3.20. The SMILES string of the molecule is CCCC(C)Nc1ccccc1.[HH]. The first kappa shape index (κ1) is 9.11. The summed E-state index contributed by atoms with van der Waals surface area (Å²) >= 11 is 0. The molecule has 0 radical (unpaired) electrons. The molecule has 0 heterocycles. The summed E-state index contributed by atoms with van der Waals surface area (Å²) in [7, 11) is 0. The van der Waals surface area contributed by atoms with Gasteiger partial charge in [-0.05, 0) is 25.5 Å². The Balaban J connectivity index is 0.00000144. The van der Waals surface area contributed by atoms with E-state index in [1.165, 1.54) is 18.5 Å². The highest BCUT2D eigenvalue weighted by atomic mass is 14.9. The molecule has 0 aliphatic rings. The van der Waals surface area contributed by atoms with Gasteiger partial charge in [0.15, 0.2) is 0 Å². The quantitative estimate of drug-likeness (QED) is 0.719. The molecule has 1 heteroatoms. The number of para-hydroxylation sites is 1. The average Bonchev–Trinajstić information content (AvgIpc) is 2.06. The van der Waals surface area contributed by atoms with Crippen LogP contribution < -0.4 is 5.32 Å². The molecule has 1 aromatic carbocycles. The molecule has 12 heavy (non-hydrogen) atoms. The molecule has 1 N–H and O–H groups in total. The fourth-order valence-electron chi connectivity index (χ4n) is 1.32. The van der Waals surface area contributed by atoms with E-state index in [1.807, 2.05) is 6.07 Å². The standard InChI is InChI=1S/C11H17N.H2/c1-3-7-10(2)12-11-8-5-4-6-9-11;/h4-6,8-10,12H,3,7H2,1-2H3;1H. The largest absolute Gasteiger partial charge is 0.383 e. The van der Waals surface area contributed by atoms with Crippen molar-refractivity contribution < 1.29 is 1.43 Å². The van der Waals surface area contributed by atoms with Gasteiger partial charge in [0.2, 0.25) is 0 Å². The molecule has 0 aromatic heterocycles. The van der Waals surface area contributed by atoms with Gasteiger partial charge in [-0.1, -0.05) is 31.5 Å². The van der Waals surface area contributed by atoms with E-state index in [0.29, 0.717) is 6.04 Å². The first-order valence-corrected chi connectivity index (χ1v) is 4.64. The van der Waals surface area contributed by atoms with Gasteiger partial charge in [0, 0.05) is 13.2 Å². The third kappa shape index (κ3) is 2.95. The predicted octanol–water partition coefficient (Wildman–Crippen LogP) is 3.53. The highest BCUT2D eigenvalue weighted by molar-refractivity contribution is 5.43. The highest BCUT2D eigenvalue weighted by Crippen LogP contribution is 2.09. The van der Waals surface area contributed by atoms with Crippen LogP contribution in [0.4, 0.5) is 5.69 Å². The molecular formula is C11H19N. The van der Waals surface area contributed by atoms with Crippen molar-refractivity contribution in [3.8, 4) is 0 Å². The summed E-state index contributed by atoms with van der Waals surface area (Å²) in [6.07, 6.45) is 2.47. The monoisotopic (exact) mass is 165 g/mol. The van der Waals surface area contributed by atoms with Gasteiger partial charge in [-0.25, -0.2) is 0 Å². The minimum Gasteiger partial charge on any atom is -0.383 e. The summed E-state index contributed by atoms with van der Waals surface area (Å²) < 4.78 is 0. The number of hydrogen-bond donors (Lipinski definition) is 1. The van der Waals surface area contributed by atoms with Crippen LogP contribution in [-0.4, -0.2) is 6.04 Å². The van der Waals surface area contributed by atoms with E-state index < -0.39 is 0 Å². The molecule has 0 bridgehead atoms. The fraction of sp³-hybridized carbons (Fsp3) is 0.455. The summed E-state index contributed by atoms with van der Waals surface area (Å²) in [6.45, 7) is 4.43. The Kier molecular flexibility index (Phi) is 3.65. The van der Waals surface area contributed by atoms with Crippen molar-refractivity contribution in [2.45, 2.75) is 32.7 Å². The second kappa shape index (κ2) is 4.81. The minimum atomic E-state index is 0. The lowest BCUT2D eigenvalue weighted by atomic mass is 10.2. The predicted molar refractivity (Wildman–Crippen MR) is 56.5 cm³/mol. The number of hydrogen-bond acceptors (Lipinski definition) is 1. The number of rotatable bonds is 4. The smallest absolute Gasteiger partial charge is 0.0342 e. The van der Waals surface area contributed by atoms with Crippen LogP contribution >= 0.6 is 0 Å². The molecule has 0 aliphatic carbocycles. The van der Waals surface area contributed by atoms with Crippen molar-refractivity contribution in [2.75, 3.05) is 5.32 Å². The normalized spacial score (nSPS) is 12.5. The lowest BCUT2D eigenvalue weighted by Gasteiger charge is -2.13. The van der Waals surface area contributed by atoms with Crippen molar-refractivity contribution in [2.24, 2.45) is 0 Å². The summed E-state index contributed by atoms with van der Waals surface area (Å²) in [5.74, 6) is 0. The van der Waals surface area contributed by atoms with Crippen LogP contribution in [0, 0.1) is 0 Å². The highest BCUT2D eigenvalue weighted by Gasteiger charge is 1.98. The van der Waals surface area contributed by atoms with E-state index in [4.69, 9.17) is 0 Å². The molecule has 1 atom stereocenters. The molecule has 0 saturated heterocycles. The second-order valence-electron chi connectivity index (χ2n) is 3.20. The number of nitrogens with one attached hydrogen (secondary N) is 1. The molecule has 1 nitrogen and oxygen atoms in total. The van der Waals surface area contributed by atoms with E-state index in [0.717, 1.165) is 0 Å². The lowest BCUT2D eigenvalue weighted by Crippen LogP contribution is -2.14. The van der Waals surface area contributed by atoms with Gasteiger partial charge in [-0.3, -0.25) is 0 Å². The molecule has 0 saturated carbocycles. The first-order valence-electron chi connectivity index (χ1n) is 4.64. The van der Waals surface area contributed by atoms with E-state index >= 15 is 0 Å². The summed E-state index contributed by atoms with van der Waals surface area (Å²) in [6, 6.07) is 10.9. The van der Waals surface area contributed by atoms with Gasteiger partial charge in [0.1, 0.15) is 0 Å². The Hall–Kier alpha value is -0.980. The zero-order valence-electron chi connectivity index (χ0n) is 7.88. The molecule has 68 valence electrons. The molecule has 0 spiro atoms. The lowest BCUT2D eigenvalue weighted by molar-refractivity contribution is 0.690. The Bertz CT molecular complexity index is 211. The van der Waals surface area contributed by atoms with Crippen LogP contribution in [0.5, 0.6) is 0 Å². The summed E-state index contributed by atoms with van der Waals surface area (Å²) in [5, 5.41) is 3.44. The maximum Gasteiger partial charge on any atom is 0.0342 e. The molecule has 1 aromatic rings. The zero-order valence-corrected chi connectivity index (χ0v) is 7.88. The van der Waals surface area contributed by atoms with Gasteiger partial charge < -0.3 is 5.32 Å². The van der Waals surface area contributed by atoms with E-state index in [9.17, 15) is 0 Å². The van der Waals surface area contributed by atoms with Gasteiger partial charge in [0.25, 0.3) is 0 Å². The van der Waals surface area contributed by atoms with E-state index in [-0.39, 0.29) is 1.43 Å². The minimum absolute atomic E-state index is 0. The Morgan fingerprint density at radius 1 is 1.33 bits per heavy atom. The van der Waals surface area contributed by atoms with Crippen molar-refractivity contribution in [3.05, 3.63) is 30.3 Å². The molecule has 0 fully saturated rings. The van der Waals surface area contributed by atoms with E-state index in [2.05, 4.69) is 43.4 Å². The molecule has 0 amide bonds. The Morgan fingerprint density at radius 2 is 2.00 bits per heavy atom. The Labute approximate surface area is 76.3 Å². The van der Waals surface area contributed by atoms with Gasteiger partial charge in [-0.2, -0.15) is 0 Å². The first-order chi connectivity index (χ1) is 5.83. The van der Waals surface area contributed by atoms with Crippen LogP contribution in [0.3, 0.4) is 0 Å². The van der Waals surface area contributed by atoms with Crippen LogP contribution in [0.15, 0.2) is 30.3 Å². The number of benzene rings is 1. The van der Waals surface area contributed by atoms with E-state index in [1.54, 1.807) is 0 Å². The molecule has 1 rings (SSSR count). The van der Waals surface area contributed by atoms with Crippen molar-refractivity contribution in [1.29, 1.82) is 0 Å². The van der Waals surface area contributed by atoms with Gasteiger partial charge >= 0.3 is 0 Å². The summed E-state index contributed by atoms with van der Waals surface area (Å²) in [5.41, 5.74) is 1.22. The topological polar surface area (TPSA) is 12.0 Å². The third-order valence-corrected chi connectivity index (χ3v) is 1.91. The van der Waals surface area contributed by atoms with Crippen molar-refractivity contribution >= 4 is 5.69 Å². The Morgan fingerprint density at radius 3 is 2.58 bits per heavy atom.